The Bertz CT molecular complexity index is 179. The highest BCUT2D eigenvalue weighted by atomic mass is 16.5. The molecule has 2 nitrogen and oxygen atoms in total. The lowest BCUT2D eigenvalue weighted by Gasteiger charge is -2.43. The summed E-state index contributed by atoms with van der Waals surface area (Å²) in [6.07, 6.45) is 5.50. The second-order valence-corrected chi connectivity index (χ2v) is 5.40. The van der Waals surface area contributed by atoms with Crippen LogP contribution in [0.1, 0.15) is 46.5 Å². The van der Waals surface area contributed by atoms with E-state index in [4.69, 9.17) is 4.74 Å². The minimum atomic E-state index is 0.475. The zero-order chi connectivity index (χ0) is 11.3. The van der Waals surface area contributed by atoms with Crippen LogP contribution in [0.15, 0.2) is 0 Å². The molecule has 0 amide bonds. The van der Waals surface area contributed by atoms with Gasteiger partial charge < -0.3 is 10.1 Å². The first kappa shape index (κ1) is 13.0. The Morgan fingerprint density at radius 2 is 2.13 bits per heavy atom. The molecule has 90 valence electrons. The standard InChI is InChI=1S/C13H27NO/c1-5-15-10-12(14-4)11-8-6-7-9-13(11,2)3/h11-12,14H,5-10H2,1-4H3. The molecule has 0 aromatic carbocycles. The topological polar surface area (TPSA) is 21.3 Å². The van der Waals surface area contributed by atoms with Gasteiger partial charge in [0.05, 0.1) is 6.61 Å². The minimum absolute atomic E-state index is 0.475. The highest BCUT2D eigenvalue weighted by Gasteiger charge is 2.36. The predicted molar refractivity (Wildman–Crippen MR) is 65.1 cm³/mol. The predicted octanol–water partition coefficient (Wildman–Crippen LogP) is 2.83. The quantitative estimate of drug-likeness (QED) is 0.758. The Morgan fingerprint density at radius 1 is 1.40 bits per heavy atom. The fraction of sp³-hybridized carbons (Fsp3) is 1.00. The molecule has 1 aliphatic carbocycles. The number of rotatable bonds is 5. The first-order valence-corrected chi connectivity index (χ1v) is 6.37. The van der Waals surface area contributed by atoms with E-state index in [1.165, 1.54) is 25.7 Å². The summed E-state index contributed by atoms with van der Waals surface area (Å²) in [5.74, 6) is 0.766. The number of hydrogen-bond donors (Lipinski definition) is 1. The van der Waals surface area contributed by atoms with E-state index in [2.05, 4.69) is 33.1 Å². The average molecular weight is 213 g/mol. The minimum Gasteiger partial charge on any atom is -0.380 e. The van der Waals surface area contributed by atoms with E-state index >= 15 is 0 Å². The van der Waals surface area contributed by atoms with Gasteiger partial charge in [-0.05, 0) is 38.1 Å². The molecule has 1 N–H and O–H groups in total. The third kappa shape index (κ3) is 3.46. The van der Waals surface area contributed by atoms with Crippen molar-refractivity contribution in [2.24, 2.45) is 11.3 Å². The van der Waals surface area contributed by atoms with Gasteiger partial charge in [-0.3, -0.25) is 0 Å². The Kier molecular flexibility index (Phi) is 5.07. The zero-order valence-electron chi connectivity index (χ0n) is 10.8. The van der Waals surface area contributed by atoms with Gasteiger partial charge in [-0.1, -0.05) is 26.7 Å². The fourth-order valence-corrected chi connectivity index (χ4v) is 2.91. The number of hydrogen-bond acceptors (Lipinski definition) is 2. The smallest absolute Gasteiger partial charge is 0.0622 e. The van der Waals surface area contributed by atoms with Crippen molar-refractivity contribution in [1.29, 1.82) is 0 Å². The van der Waals surface area contributed by atoms with Gasteiger partial charge in [0, 0.05) is 12.6 Å². The zero-order valence-corrected chi connectivity index (χ0v) is 10.8. The van der Waals surface area contributed by atoms with Crippen LogP contribution in [0.2, 0.25) is 0 Å². The normalized spacial score (nSPS) is 27.6. The molecule has 15 heavy (non-hydrogen) atoms. The number of ether oxygens (including phenoxy) is 1. The van der Waals surface area contributed by atoms with Crippen molar-refractivity contribution in [3.63, 3.8) is 0 Å². The van der Waals surface area contributed by atoms with Gasteiger partial charge in [0.2, 0.25) is 0 Å². The highest BCUT2D eigenvalue weighted by Crippen LogP contribution is 2.42. The molecular formula is C13H27NO. The molecule has 1 rings (SSSR count). The van der Waals surface area contributed by atoms with E-state index in [0.717, 1.165) is 19.1 Å². The Hall–Kier alpha value is -0.0800. The van der Waals surface area contributed by atoms with Crippen LogP contribution in [0.3, 0.4) is 0 Å². The van der Waals surface area contributed by atoms with E-state index in [0.29, 0.717) is 11.5 Å². The second kappa shape index (κ2) is 5.86. The summed E-state index contributed by atoms with van der Waals surface area (Å²) in [5.41, 5.74) is 0.475. The van der Waals surface area contributed by atoms with Gasteiger partial charge in [0.15, 0.2) is 0 Å². The summed E-state index contributed by atoms with van der Waals surface area (Å²) < 4.78 is 5.57. The van der Waals surface area contributed by atoms with Crippen LogP contribution in [-0.4, -0.2) is 26.3 Å². The lowest BCUT2D eigenvalue weighted by molar-refractivity contribution is 0.0432. The summed E-state index contributed by atoms with van der Waals surface area (Å²) >= 11 is 0. The van der Waals surface area contributed by atoms with Crippen LogP contribution in [0.25, 0.3) is 0 Å². The summed E-state index contributed by atoms with van der Waals surface area (Å²) in [4.78, 5) is 0. The number of likely N-dealkylation sites (N-methyl/N-ethyl adjacent to an activating group) is 1. The molecule has 1 fully saturated rings. The van der Waals surface area contributed by atoms with Crippen LogP contribution in [-0.2, 0) is 4.74 Å². The molecule has 0 spiro atoms. The van der Waals surface area contributed by atoms with Gasteiger partial charge in [0.25, 0.3) is 0 Å². The molecule has 0 aromatic heterocycles. The van der Waals surface area contributed by atoms with E-state index < -0.39 is 0 Å². The monoisotopic (exact) mass is 213 g/mol. The summed E-state index contributed by atoms with van der Waals surface area (Å²) in [7, 11) is 2.06. The van der Waals surface area contributed by atoms with Gasteiger partial charge in [-0.2, -0.15) is 0 Å². The van der Waals surface area contributed by atoms with E-state index in [1.807, 2.05) is 0 Å². The summed E-state index contributed by atoms with van der Waals surface area (Å²) in [6.45, 7) is 8.57. The van der Waals surface area contributed by atoms with E-state index in [-0.39, 0.29) is 0 Å². The molecule has 0 bridgehead atoms. The molecule has 0 heterocycles. The van der Waals surface area contributed by atoms with Crippen molar-refractivity contribution in [1.82, 2.24) is 5.32 Å². The maximum atomic E-state index is 5.57. The summed E-state index contributed by atoms with van der Waals surface area (Å²) in [5, 5.41) is 3.44. The molecule has 2 unspecified atom stereocenters. The lowest BCUT2D eigenvalue weighted by Crippen LogP contribution is -2.46. The molecule has 0 aromatic rings. The lowest BCUT2D eigenvalue weighted by atomic mass is 9.66. The van der Waals surface area contributed by atoms with Gasteiger partial charge in [-0.25, -0.2) is 0 Å². The average Bonchev–Trinajstić information content (AvgIpc) is 2.20. The van der Waals surface area contributed by atoms with Crippen molar-refractivity contribution in [2.75, 3.05) is 20.3 Å². The SMILES string of the molecule is CCOCC(NC)C1CCCCC1(C)C. The molecule has 0 aliphatic heterocycles. The van der Waals surface area contributed by atoms with Gasteiger partial charge in [0.1, 0.15) is 0 Å². The molecule has 0 saturated heterocycles. The van der Waals surface area contributed by atoms with Crippen LogP contribution < -0.4 is 5.32 Å². The molecule has 1 saturated carbocycles. The van der Waals surface area contributed by atoms with E-state index in [1.54, 1.807) is 0 Å². The molecule has 2 heteroatoms. The highest BCUT2D eigenvalue weighted by molar-refractivity contribution is 4.89. The molecular weight excluding hydrogens is 186 g/mol. The molecule has 1 aliphatic rings. The maximum absolute atomic E-state index is 5.57. The van der Waals surface area contributed by atoms with Crippen molar-refractivity contribution < 1.29 is 4.74 Å². The van der Waals surface area contributed by atoms with Crippen molar-refractivity contribution in [2.45, 2.75) is 52.5 Å². The summed E-state index contributed by atoms with van der Waals surface area (Å²) in [6, 6.07) is 0.528. The Morgan fingerprint density at radius 3 is 2.67 bits per heavy atom. The molecule has 2 atom stereocenters. The molecule has 0 radical (unpaired) electrons. The van der Waals surface area contributed by atoms with Gasteiger partial charge in [-0.15, -0.1) is 0 Å². The van der Waals surface area contributed by atoms with E-state index in [9.17, 15) is 0 Å². The fourth-order valence-electron chi connectivity index (χ4n) is 2.91. The van der Waals surface area contributed by atoms with Crippen LogP contribution in [0.5, 0.6) is 0 Å². The van der Waals surface area contributed by atoms with Crippen molar-refractivity contribution in [3.05, 3.63) is 0 Å². The maximum Gasteiger partial charge on any atom is 0.0622 e. The van der Waals surface area contributed by atoms with Crippen molar-refractivity contribution in [3.8, 4) is 0 Å². The largest absolute Gasteiger partial charge is 0.380 e. The van der Waals surface area contributed by atoms with Gasteiger partial charge >= 0.3 is 0 Å². The van der Waals surface area contributed by atoms with Crippen LogP contribution in [0.4, 0.5) is 0 Å². The third-order valence-electron chi connectivity index (χ3n) is 3.95. The van der Waals surface area contributed by atoms with Crippen LogP contribution in [0, 0.1) is 11.3 Å². The van der Waals surface area contributed by atoms with Crippen molar-refractivity contribution >= 4 is 0 Å². The second-order valence-electron chi connectivity index (χ2n) is 5.40. The first-order valence-electron chi connectivity index (χ1n) is 6.37. The van der Waals surface area contributed by atoms with Crippen LogP contribution >= 0.6 is 0 Å². The first-order chi connectivity index (χ1) is 7.11. The third-order valence-corrected chi connectivity index (χ3v) is 3.95. The Labute approximate surface area is 94.8 Å². The Balaban J connectivity index is 2.56. The number of nitrogens with one attached hydrogen (secondary N) is 1.